The summed E-state index contributed by atoms with van der Waals surface area (Å²) in [5.41, 5.74) is 0.109. The van der Waals surface area contributed by atoms with Crippen LogP contribution in [0.5, 0.6) is 0 Å². The van der Waals surface area contributed by atoms with Crippen LogP contribution in [0.3, 0.4) is 0 Å². The summed E-state index contributed by atoms with van der Waals surface area (Å²) < 4.78 is 64.8. The van der Waals surface area contributed by atoms with Crippen molar-refractivity contribution in [1.82, 2.24) is 9.03 Å². The minimum atomic E-state index is -4.51. The van der Waals surface area contributed by atoms with Crippen molar-refractivity contribution in [2.75, 3.05) is 12.3 Å². The Hall–Kier alpha value is -1.04. The van der Waals surface area contributed by atoms with Crippen molar-refractivity contribution in [3.8, 4) is 0 Å². The van der Waals surface area contributed by atoms with Crippen LogP contribution in [0.25, 0.3) is 0 Å². The lowest BCUT2D eigenvalue weighted by molar-refractivity contribution is -0.120. The molecule has 1 amide bonds. The fourth-order valence-corrected chi connectivity index (χ4v) is 5.43. The number of anilines is 1. The van der Waals surface area contributed by atoms with Crippen molar-refractivity contribution < 1.29 is 21.7 Å². The van der Waals surface area contributed by atoms with Gasteiger partial charge in [-0.05, 0) is 52.7 Å². The number of halogens is 3. The number of nitrogens with one attached hydrogen (secondary N) is 2. The molecule has 3 rings (SSSR count). The second-order valence-corrected chi connectivity index (χ2v) is 9.96. The number of rotatable bonds is 3. The third-order valence-corrected chi connectivity index (χ3v) is 7.10. The number of hydrogen-bond acceptors (Lipinski definition) is 4. The second-order valence-electron chi connectivity index (χ2n) is 5.48. The zero-order valence-electron chi connectivity index (χ0n) is 15.9. The molecule has 1 aliphatic heterocycles. The van der Waals surface area contributed by atoms with Crippen molar-refractivity contribution in [3.05, 3.63) is 49.8 Å². The molecule has 2 aromatic rings. The highest BCUT2D eigenvalue weighted by atomic mass is 79.9. The first-order valence-electron chi connectivity index (χ1n) is 8.71. The zero-order valence-corrected chi connectivity index (χ0v) is 16.8. The summed E-state index contributed by atoms with van der Waals surface area (Å²) in [6, 6.07) is 4.51. The van der Waals surface area contributed by atoms with Crippen molar-refractivity contribution >= 4 is 60.7 Å². The van der Waals surface area contributed by atoms with E-state index in [4.69, 9.17) is 15.7 Å². The van der Waals surface area contributed by atoms with Gasteiger partial charge in [-0.25, -0.2) is 4.39 Å². The molecule has 1 saturated heterocycles. The highest BCUT2D eigenvalue weighted by molar-refractivity contribution is 9.11. The van der Waals surface area contributed by atoms with Crippen LogP contribution in [-0.2, 0) is 15.0 Å². The van der Waals surface area contributed by atoms with Crippen LogP contribution in [0.4, 0.5) is 10.1 Å². The molecule has 0 unspecified atom stereocenters. The highest BCUT2D eigenvalue weighted by Gasteiger charge is 2.41. The molecule has 1 fully saturated rings. The first kappa shape index (κ1) is 16.0. The fourth-order valence-electron chi connectivity index (χ4n) is 2.47. The molecular formula is C15H14BrClFN3O3S2. The highest BCUT2D eigenvalue weighted by Crippen LogP contribution is 2.34. The lowest BCUT2D eigenvalue weighted by Gasteiger charge is -2.35. The van der Waals surface area contributed by atoms with Gasteiger partial charge in [0.15, 0.2) is 0 Å². The van der Waals surface area contributed by atoms with Crippen LogP contribution in [0.2, 0.25) is 5.02 Å². The average Bonchev–Trinajstić information content (AvgIpc) is 3.02. The van der Waals surface area contributed by atoms with Crippen LogP contribution in [-0.4, -0.2) is 31.6 Å². The van der Waals surface area contributed by atoms with Gasteiger partial charge in [0.25, 0.3) is 10.2 Å². The van der Waals surface area contributed by atoms with Gasteiger partial charge in [0, 0.05) is 21.7 Å². The number of benzene rings is 1. The van der Waals surface area contributed by atoms with Crippen LogP contribution in [0.1, 0.15) is 21.5 Å². The number of nitrogens with zero attached hydrogens (tertiary/aromatic N) is 1. The van der Waals surface area contributed by atoms with E-state index in [1.807, 2.05) is 0 Å². The van der Waals surface area contributed by atoms with Crippen LogP contribution >= 0.6 is 38.9 Å². The molecule has 1 aromatic heterocycles. The minimum absolute atomic E-state index is 0.109. The maximum absolute atomic E-state index is 13.3. The van der Waals surface area contributed by atoms with E-state index in [2.05, 4.69) is 26.0 Å². The number of likely N-dealkylation sites (N-methyl/N-ethyl adjacent to an activating group) is 1. The molecule has 0 radical (unpaired) electrons. The lowest BCUT2D eigenvalue weighted by Crippen LogP contribution is -2.55. The largest absolute Gasteiger partial charge is 0.325 e. The Morgan fingerprint density at radius 1 is 1.50 bits per heavy atom. The van der Waals surface area contributed by atoms with Crippen LogP contribution in [0.15, 0.2) is 34.1 Å². The van der Waals surface area contributed by atoms with E-state index >= 15 is 0 Å². The molecular weight excluding hydrogens is 469 g/mol. The monoisotopic (exact) mass is 484 g/mol. The normalized spacial score (nSPS) is 25.1. The third-order valence-electron chi connectivity index (χ3n) is 3.72. The van der Waals surface area contributed by atoms with E-state index in [0.717, 1.165) is 15.9 Å². The van der Waals surface area contributed by atoms with Gasteiger partial charge in [-0.2, -0.15) is 17.4 Å². The number of hydrogen-bond donors (Lipinski definition) is 2. The summed E-state index contributed by atoms with van der Waals surface area (Å²) in [5, 5.41) is 2.18. The molecule has 1 aromatic carbocycles. The summed E-state index contributed by atoms with van der Waals surface area (Å²) >= 11 is 10.3. The van der Waals surface area contributed by atoms with E-state index in [0.29, 0.717) is 4.88 Å². The smallest absolute Gasteiger partial charge is 0.280 e. The SMILES string of the molecule is [2H]C([2H])([2H])N1[C@@H](C(=O)Nc2ccc(F)c(Cl)c2)C[C@@H](c2ccc(Br)s2)NS1(=O)=O. The van der Waals surface area contributed by atoms with Gasteiger partial charge in [0.2, 0.25) is 5.91 Å². The summed E-state index contributed by atoms with van der Waals surface area (Å²) in [4.78, 5) is 13.5. The molecule has 140 valence electrons. The van der Waals surface area contributed by atoms with E-state index in [1.54, 1.807) is 12.1 Å². The standard InChI is InChI=1S/C15H14BrClFN3O3S2/c1-21-12(15(22)19-8-2-3-10(18)9(17)6-8)7-11(20-26(21,23)24)13-4-5-14(16)25-13/h2-6,11-12,20H,7H2,1H3,(H,19,22)/t11-,12+/m0/s1/i1D3. The Balaban J connectivity index is 1.95. The first-order chi connectivity index (χ1) is 13.4. The third kappa shape index (κ3) is 4.10. The maximum atomic E-state index is 13.3. The van der Waals surface area contributed by atoms with Crippen molar-refractivity contribution in [2.24, 2.45) is 0 Å². The molecule has 11 heteroatoms. The average molecular weight is 486 g/mol. The van der Waals surface area contributed by atoms with Gasteiger partial charge in [-0.15, -0.1) is 11.3 Å². The Kier molecular flexibility index (Phi) is 4.62. The quantitative estimate of drug-likeness (QED) is 0.698. The Morgan fingerprint density at radius 3 is 2.88 bits per heavy atom. The molecule has 2 atom stereocenters. The molecule has 0 spiro atoms. The van der Waals surface area contributed by atoms with Gasteiger partial charge in [-0.3, -0.25) is 4.79 Å². The predicted octanol–water partition coefficient (Wildman–Crippen LogP) is 3.52. The lowest BCUT2D eigenvalue weighted by atomic mass is 10.1. The van der Waals surface area contributed by atoms with Gasteiger partial charge in [0.1, 0.15) is 11.9 Å². The molecule has 0 bridgehead atoms. The van der Waals surface area contributed by atoms with E-state index in [1.165, 1.54) is 17.4 Å². The van der Waals surface area contributed by atoms with Crippen molar-refractivity contribution in [3.63, 3.8) is 0 Å². The van der Waals surface area contributed by atoms with Crippen molar-refractivity contribution in [2.45, 2.75) is 18.5 Å². The molecule has 1 aliphatic rings. The predicted molar refractivity (Wildman–Crippen MR) is 103 cm³/mol. The molecule has 0 saturated carbocycles. The van der Waals surface area contributed by atoms with E-state index in [-0.39, 0.29) is 21.4 Å². The summed E-state index contributed by atoms with van der Waals surface area (Å²) in [6.07, 6.45) is -0.120. The van der Waals surface area contributed by atoms with Crippen LogP contribution in [0, 0.1) is 5.82 Å². The summed E-state index contributed by atoms with van der Waals surface area (Å²) in [6.45, 7) is -3.09. The van der Waals surface area contributed by atoms with Gasteiger partial charge in [0.05, 0.1) is 14.9 Å². The fraction of sp³-hybridized carbons (Fsp3) is 0.267. The number of thiophene rings is 1. The van der Waals surface area contributed by atoms with Gasteiger partial charge in [-0.1, -0.05) is 11.6 Å². The molecule has 26 heavy (non-hydrogen) atoms. The van der Waals surface area contributed by atoms with Crippen LogP contribution < -0.4 is 10.0 Å². The van der Waals surface area contributed by atoms with Gasteiger partial charge >= 0.3 is 0 Å². The van der Waals surface area contributed by atoms with E-state index < -0.39 is 41.0 Å². The molecule has 6 nitrogen and oxygen atoms in total. The Labute approximate surface area is 171 Å². The summed E-state index contributed by atoms with van der Waals surface area (Å²) in [5.74, 6) is -1.56. The van der Waals surface area contributed by atoms with E-state index in [9.17, 15) is 17.6 Å². The number of amides is 1. The molecule has 0 aliphatic carbocycles. The number of carbonyl (C=O) groups excluding carboxylic acids is 1. The van der Waals surface area contributed by atoms with Crippen molar-refractivity contribution in [1.29, 1.82) is 0 Å². The topological polar surface area (TPSA) is 78.5 Å². The maximum Gasteiger partial charge on any atom is 0.280 e. The zero-order chi connectivity index (χ0) is 21.6. The van der Waals surface area contributed by atoms with Gasteiger partial charge < -0.3 is 5.32 Å². The second kappa shape index (κ2) is 7.53. The Bertz CT molecular complexity index is 1050. The number of carbonyl (C=O) groups is 1. The summed E-state index contributed by atoms with van der Waals surface area (Å²) in [7, 11) is -4.51. The first-order valence-corrected chi connectivity index (χ1v) is 10.6. The minimum Gasteiger partial charge on any atom is -0.325 e. The molecule has 2 N–H and O–H groups in total. The Morgan fingerprint density at radius 2 is 2.27 bits per heavy atom. The molecule has 2 heterocycles.